The fourth-order valence-corrected chi connectivity index (χ4v) is 2.79. The second kappa shape index (κ2) is 6.29. The minimum absolute atomic E-state index is 0.549. The lowest BCUT2D eigenvalue weighted by atomic mass is 10.2. The lowest BCUT2D eigenvalue weighted by Gasteiger charge is -2.23. The smallest absolute Gasteiger partial charge is 0.318 e. The van der Waals surface area contributed by atoms with Crippen LogP contribution in [0, 0.1) is 5.92 Å². The van der Waals surface area contributed by atoms with E-state index in [9.17, 15) is 4.21 Å². The summed E-state index contributed by atoms with van der Waals surface area (Å²) >= 11 is 0. The highest BCUT2D eigenvalue weighted by molar-refractivity contribution is 7.85. The molecule has 1 aromatic heterocycles. The van der Waals surface area contributed by atoms with Gasteiger partial charge in [-0.3, -0.25) is 4.21 Å². The molecule has 1 N–H and O–H groups in total. The molecule has 0 aromatic carbocycles. The number of hydrogen-bond acceptors (Lipinski definition) is 6. The SMILES string of the molecule is CC(C)CNCc1nnc(N2CCS(=O)CC2)o1. The van der Waals surface area contributed by atoms with Crippen LogP contribution in [0.3, 0.4) is 0 Å². The van der Waals surface area contributed by atoms with Crippen molar-refractivity contribution in [2.75, 3.05) is 36.0 Å². The summed E-state index contributed by atoms with van der Waals surface area (Å²) in [6.45, 7) is 7.30. The molecule has 0 spiro atoms. The van der Waals surface area contributed by atoms with Crippen LogP contribution in [0.1, 0.15) is 19.7 Å². The molecule has 0 atom stereocenters. The van der Waals surface area contributed by atoms with Gasteiger partial charge in [0.1, 0.15) is 0 Å². The standard InChI is InChI=1S/C11H20N4O2S/c1-9(2)7-12-8-10-13-14-11(17-10)15-3-5-18(16)6-4-15/h9,12H,3-8H2,1-2H3. The van der Waals surface area contributed by atoms with Crippen molar-refractivity contribution in [2.24, 2.45) is 5.92 Å². The van der Waals surface area contributed by atoms with Crippen molar-refractivity contribution in [2.45, 2.75) is 20.4 Å². The van der Waals surface area contributed by atoms with Crippen LogP contribution in [0.2, 0.25) is 0 Å². The number of nitrogens with zero attached hydrogens (tertiary/aromatic N) is 3. The van der Waals surface area contributed by atoms with Gasteiger partial charge in [0.25, 0.3) is 0 Å². The Kier molecular flexibility index (Phi) is 4.71. The maximum absolute atomic E-state index is 11.3. The Bertz CT molecular complexity index is 398. The van der Waals surface area contributed by atoms with Crippen molar-refractivity contribution < 1.29 is 8.63 Å². The topological polar surface area (TPSA) is 71.3 Å². The van der Waals surface area contributed by atoms with Gasteiger partial charge in [0, 0.05) is 35.4 Å². The average Bonchev–Trinajstić information content (AvgIpc) is 2.78. The molecule has 1 fully saturated rings. The Morgan fingerprint density at radius 1 is 1.39 bits per heavy atom. The van der Waals surface area contributed by atoms with E-state index >= 15 is 0 Å². The Balaban J connectivity index is 1.84. The molecule has 0 unspecified atom stereocenters. The fourth-order valence-electron chi connectivity index (χ4n) is 1.74. The summed E-state index contributed by atoms with van der Waals surface area (Å²) in [5.74, 6) is 2.58. The minimum Gasteiger partial charge on any atom is -0.407 e. The Labute approximate surface area is 110 Å². The van der Waals surface area contributed by atoms with Gasteiger partial charge in [-0.25, -0.2) is 0 Å². The summed E-state index contributed by atoms with van der Waals surface area (Å²) < 4.78 is 16.8. The molecule has 7 heteroatoms. The van der Waals surface area contributed by atoms with Crippen molar-refractivity contribution in [3.05, 3.63) is 5.89 Å². The Morgan fingerprint density at radius 2 is 2.11 bits per heavy atom. The lowest BCUT2D eigenvalue weighted by Crippen LogP contribution is -2.37. The van der Waals surface area contributed by atoms with Crippen LogP contribution >= 0.6 is 0 Å². The molecule has 2 heterocycles. The number of rotatable bonds is 5. The van der Waals surface area contributed by atoms with Crippen LogP contribution in [0.25, 0.3) is 0 Å². The summed E-state index contributed by atoms with van der Waals surface area (Å²) in [4.78, 5) is 2.00. The first-order valence-corrected chi connectivity index (χ1v) is 7.77. The van der Waals surface area contributed by atoms with Gasteiger partial charge in [-0.05, 0) is 12.5 Å². The van der Waals surface area contributed by atoms with Gasteiger partial charge in [-0.15, -0.1) is 5.10 Å². The number of anilines is 1. The van der Waals surface area contributed by atoms with Crippen molar-refractivity contribution in [3.8, 4) is 0 Å². The molecule has 18 heavy (non-hydrogen) atoms. The molecule has 0 aliphatic carbocycles. The zero-order valence-electron chi connectivity index (χ0n) is 10.9. The second-order valence-corrected chi connectivity index (χ2v) is 6.53. The van der Waals surface area contributed by atoms with E-state index in [1.807, 2.05) is 4.90 Å². The third kappa shape index (κ3) is 3.78. The average molecular weight is 272 g/mol. The Morgan fingerprint density at radius 3 is 2.78 bits per heavy atom. The highest BCUT2D eigenvalue weighted by Gasteiger charge is 2.20. The first-order valence-electron chi connectivity index (χ1n) is 6.28. The first kappa shape index (κ1) is 13.5. The van der Waals surface area contributed by atoms with E-state index in [2.05, 4.69) is 29.4 Å². The zero-order chi connectivity index (χ0) is 13.0. The highest BCUT2D eigenvalue weighted by Crippen LogP contribution is 2.14. The number of hydrogen-bond donors (Lipinski definition) is 1. The van der Waals surface area contributed by atoms with E-state index in [1.165, 1.54) is 0 Å². The van der Waals surface area contributed by atoms with Crippen LogP contribution in [-0.2, 0) is 17.3 Å². The quantitative estimate of drug-likeness (QED) is 0.836. The molecule has 0 saturated carbocycles. The lowest BCUT2D eigenvalue weighted by molar-refractivity contribution is 0.448. The minimum atomic E-state index is -0.682. The molecule has 1 aromatic rings. The summed E-state index contributed by atoms with van der Waals surface area (Å²) in [6.07, 6.45) is 0. The van der Waals surface area contributed by atoms with E-state index in [4.69, 9.17) is 4.42 Å². The normalized spacial score (nSPS) is 17.6. The summed E-state index contributed by atoms with van der Waals surface area (Å²) in [5.41, 5.74) is 0. The van der Waals surface area contributed by atoms with E-state index in [-0.39, 0.29) is 0 Å². The van der Waals surface area contributed by atoms with Gasteiger partial charge in [0.05, 0.1) is 6.54 Å². The van der Waals surface area contributed by atoms with E-state index in [0.717, 1.165) is 19.6 Å². The van der Waals surface area contributed by atoms with Gasteiger partial charge in [-0.1, -0.05) is 18.9 Å². The molecule has 0 bridgehead atoms. The first-order chi connectivity index (χ1) is 8.65. The Hall–Kier alpha value is -0.950. The van der Waals surface area contributed by atoms with E-state index in [1.54, 1.807) is 0 Å². The van der Waals surface area contributed by atoms with Crippen molar-refractivity contribution in [3.63, 3.8) is 0 Å². The van der Waals surface area contributed by atoms with Crippen molar-refractivity contribution >= 4 is 16.8 Å². The third-order valence-corrected chi connectivity index (χ3v) is 4.01. The van der Waals surface area contributed by atoms with Crippen LogP contribution in [0.15, 0.2) is 4.42 Å². The summed E-state index contributed by atoms with van der Waals surface area (Å²) in [5, 5.41) is 11.3. The van der Waals surface area contributed by atoms with Gasteiger partial charge < -0.3 is 14.6 Å². The highest BCUT2D eigenvalue weighted by atomic mass is 32.2. The predicted molar refractivity (Wildman–Crippen MR) is 70.9 cm³/mol. The van der Waals surface area contributed by atoms with Gasteiger partial charge >= 0.3 is 6.01 Å². The van der Waals surface area contributed by atoms with Crippen LogP contribution in [0.4, 0.5) is 6.01 Å². The molecule has 0 amide bonds. The fraction of sp³-hybridized carbons (Fsp3) is 0.818. The molecule has 0 radical (unpaired) electrons. The molecule has 102 valence electrons. The maximum Gasteiger partial charge on any atom is 0.318 e. The van der Waals surface area contributed by atoms with E-state index < -0.39 is 10.8 Å². The third-order valence-electron chi connectivity index (χ3n) is 2.73. The molecular weight excluding hydrogens is 252 g/mol. The summed E-state index contributed by atoms with van der Waals surface area (Å²) in [7, 11) is -0.682. The zero-order valence-corrected chi connectivity index (χ0v) is 11.7. The summed E-state index contributed by atoms with van der Waals surface area (Å²) in [6, 6.07) is 0.549. The predicted octanol–water partition coefficient (Wildman–Crippen LogP) is 0.384. The molecule has 1 saturated heterocycles. The van der Waals surface area contributed by atoms with Gasteiger partial charge in [0.2, 0.25) is 5.89 Å². The van der Waals surface area contributed by atoms with E-state index in [0.29, 0.717) is 35.9 Å². The van der Waals surface area contributed by atoms with Crippen LogP contribution < -0.4 is 10.2 Å². The van der Waals surface area contributed by atoms with Crippen molar-refractivity contribution in [1.82, 2.24) is 15.5 Å². The van der Waals surface area contributed by atoms with Gasteiger partial charge in [-0.2, -0.15) is 0 Å². The molecule has 1 aliphatic heterocycles. The maximum atomic E-state index is 11.3. The van der Waals surface area contributed by atoms with Crippen molar-refractivity contribution in [1.29, 1.82) is 0 Å². The monoisotopic (exact) mass is 272 g/mol. The van der Waals surface area contributed by atoms with Crippen LogP contribution in [0.5, 0.6) is 0 Å². The van der Waals surface area contributed by atoms with Gasteiger partial charge in [0.15, 0.2) is 0 Å². The molecule has 6 nitrogen and oxygen atoms in total. The number of aromatic nitrogens is 2. The molecular formula is C11H20N4O2S. The van der Waals surface area contributed by atoms with Crippen LogP contribution in [-0.4, -0.2) is 45.5 Å². The second-order valence-electron chi connectivity index (χ2n) is 4.84. The largest absolute Gasteiger partial charge is 0.407 e. The number of nitrogens with one attached hydrogen (secondary N) is 1. The molecule has 2 rings (SSSR count). The molecule has 1 aliphatic rings.